The van der Waals surface area contributed by atoms with Gasteiger partial charge in [-0.15, -0.1) is 21.5 Å². The van der Waals surface area contributed by atoms with Crippen molar-refractivity contribution in [1.82, 2.24) is 24.6 Å². The van der Waals surface area contributed by atoms with Crippen LogP contribution in [0.25, 0.3) is 10.8 Å². The van der Waals surface area contributed by atoms with Crippen LogP contribution in [-0.2, 0) is 13.1 Å². The highest BCUT2D eigenvalue weighted by molar-refractivity contribution is 7.13. The molecule has 6 nitrogen and oxygen atoms in total. The van der Waals surface area contributed by atoms with Crippen molar-refractivity contribution in [3.8, 4) is 10.8 Å². The van der Waals surface area contributed by atoms with E-state index in [1.54, 1.807) is 11.3 Å². The third-order valence-corrected chi connectivity index (χ3v) is 4.71. The van der Waals surface area contributed by atoms with Crippen LogP contribution in [0.2, 0.25) is 0 Å². The van der Waals surface area contributed by atoms with Gasteiger partial charge in [0.15, 0.2) is 0 Å². The van der Waals surface area contributed by atoms with Gasteiger partial charge in [-0.1, -0.05) is 6.07 Å². The highest BCUT2D eigenvalue weighted by Gasteiger charge is 2.26. The summed E-state index contributed by atoms with van der Waals surface area (Å²) in [5.41, 5.74) is 0. The van der Waals surface area contributed by atoms with E-state index < -0.39 is 0 Å². The molecule has 0 aromatic carbocycles. The molecule has 0 amide bonds. The van der Waals surface area contributed by atoms with Gasteiger partial charge in [-0.05, 0) is 18.4 Å². The van der Waals surface area contributed by atoms with Crippen LogP contribution >= 0.6 is 11.3 Å². The van der Waals surface area contributed by atoms with Gasteiger partial charge >= 0.3 is 0 Å². The molecule has 0 fully saturated rings. The molecule has 0 bridgehead atoms. The molecule has 3 aromatic heterocycles. The third kappa shape index (κ3) is 2.28. The number of nitrogens with zero attached hydrogens (tertiary/aromatic N) is 5. The maximum absolute atomic E-state index is 5.83. The van der Waals surface area contributed by atoms with E-state index in [4.69, 9.17) is 4.42 Å². The second kappa shape index (κ2) is 5.09. The fourth-order valence-corrected chi connectivity index (χ4v) is 3.23. The van der Waals surface area contributed by atoms with Crippen LogP contribution in [0.5, 0.6) is 0 Å². The SMILES string of the molecule is CC(c1nnc(-c2cccs2)o1)N1CCn2ccnc2C1. The molecular weight excluding hydrogens is 286 g/mol. The summed E-state index contributed by atoms with van der Waals surface area (Å²) in [6, 6.07) is 4.07. The van der Waals surface area contributed by atoms with Gasteiger partial charge in [-0.25, -0.2) is 4.98 Å². The molecule has 108 valence electrons. The molecule has 0 spiro atoms. The number of aromatic nitrogens is 4. The lowest BCUT2D eigenvalue weighted by atomic mass is 10.2. The molecule has 1 aliphatic rings. The van der Waals surface area contributed by atoms with Gasteiger partial charge in [-0.3, -0.25) is 4.90 Å². The molecule has 0 saturated heterocycles. The smallest absolute Gasteiger partial charge is 0.257 e. The predicted molar refractivity (Wildman–Crippen MR) is 78.7 cm³/mol. The minimum atomic E-state index is 0.0941. The van der Waals surface area contributed by atoms with E-state index in [0.29, 0.717) is 11.8 Å². The number of imidazole rings is 1. The summed E-state index contributed by atoms with van der Waals surface area (Å²) in [6.07, 6.45) is 3.88. The summed E-state index contributed by atoms with van der Waals surface area (Å²) in [5, 5.41) is 10.4. The fraction of sp³-hybridized carbons (Fsp3) is 0.357. The summed E-state index contributed by atoms with van der Waals surface area (Å²) in [7, 11) is 0. The Labute approximate surface area is 126 Å². The van der Waals surface area contributed by atoms with Gasteiger partial charge < -0.3 is 8.98 Å². The lowest BCUT2D eigenvalue weighted by molar-refractivity contribution is 0.143. The normalized spacial score (nSPS) is 16.8. The molecule has 0 N–H and O–H groups in total. The monoisotopic (exact) mass is 301 g/mol. The Morgan fingerprint density at radius 3 is 3.14 bits per heavy atom. The first-order chi connectivity index (χ1) is 10.3. The Morgan fingerprint density at radius 2 is 2.29 bits per heavy atom. The van der Waals surface area contributed by atoms with Crippen molar-refractivity contribution in [3.05, 3.63) is 41.6 Å². The van der Waals surface area contributed by atoms with Gasteiger partial charge in [0.1, 0.15) is 5.82 Å². The van der Waals surface area contributed by atoms with Crippen LogP contribution in [0.15, 0.2) is 34.3 Å². The molecule has 4 heterocycles. The first kappa shape index (κ1) is 12.7. The summed E-state index contributed by atoms with van der Waals surface area (Å²) >= 11 is 1.61. The lowest BCUT2D eigenvalue weighted by Crippen LogP contribution is -2.35. The van der Waals surface area contributed by atoms with Crippen LogP contribution in [-0.4, -0.2) is 31.2 Å². The minimum Gasteiger partial charge on any atom is -0.418 e. The second-order valence-corrected chi connectivity index (χ2v) is 6.05. The van der Waals surface area contributed by atoms with Crippen molar-refractivity contribution in [2.24, 2.45) is 0 Å². The van der Waals surface area contributed by atoms with Crippen LogP contribution < -0.4 is 0 Å². The van der Waals surface area contributed by atoms with Gasteiger partial charge in [0, 0.05) is 25.5 Å². The molecule has 0 radical (unpaired) electrons. The number of thiophene rings is 1. The summed E-state index contributed by atoms with van der Waals surface area (Å²) in [6.45, 7) is 4.82. The Kier molecular flexibility index (Phi) is 3.08. The van der Waals surface area contributed by atoms with Crippen molar-refractivity contribution in [1.29, 1.82) is 0 Å². The van der Waals surface area contributed by atoms with Gasteiger partial charge in [0.2, 0.25) is 5.89 Å². The highest BCUT2D eigenvalue weighted by Crippen LogP contribution is 2.28. The van der Waals surface area contributed by atoms with E-state index in [2.05, 4.69) is 31.6 Å². The maximum Gasteiger partial charge on any atom is 0.257 e. The van der Waals surface area contributed by atoms with E-state index in [0.717, 1.165) is 30.3 Å². The zero-order chi connectivity index (χ0) is 14.2. The fourth-order valence-electron chi connectivity index (χ4n) is 2.58. The van der Waals surface area contributed by atoms with E-state index in [-0.39, 0.29) is 6.04 Å². The first-order valence-electron chi connectivity index (χ1n) is 6.92. The zero-order valence-electron chi connectivity index (χ0n) is 11.6. The van der Waals surface area contributed by atoms with Crippen LogP contribution in [0.3, 0.4) is 0 Å². The standard InChI is InChI=1S/C14H15N5OS/c1-10(19-7-6-18-5-4-15-12(18)9-19)13-16-17-14(20-13)11-3-2-8-21-11/h2-5,8,10H,6-7,9H2,1H3. The van der Waals surface area contributed by atoms with Crippen molar-refractivity contribution in [2.75, 3.05) is 6.54 Å². The number of hydrogen-bond donors (Lipinski definition) is 0. The van der Waals surface area contributed by atoms with Crippen LogP contribution in [0.1, 0.15) is 24.7 Å². The zero-order valence-corrected chi connectivity index (χ0v) is 12.5. The first-order valence-corrected chi connectivity index (χ1v) is 7.80. The average molecular weight is 301 g/mol. The van der Waals surface area contributed by atoms with Gasteiger partial charge in [0.05, 0.1) is 17.5 Å². The Balaban J connectivity index is 1.54. The molecule has 1 atom stereocenters. The minimum absolute atomic E-state index is 0.0941. The molecule has 1 unspecified atom stereocenters. The van der Waals surface area contributed by atoms with Crippen molar-refractivity contribution < 1.29 is 4.42 Å². The molecule has 3 aromatic rings. The molecule has 21 heavy (non-hydrogen) atoms. The van der Waals surface area contributed by atoms with Crippen LogP contribution in [0, 0.1) is 0 Å². The van der Waals surface area contributed by atoms with E-state index in [1.165, 1.54) is 0 Å². The average Bonchev–Trinajstić information content (AvgIpc) is 3.24. The third-order valence-electron chi connectivity index (χ3n) is 3.85. The Bertz CT molecular complexity index is 732. The van der Waals surface area contributed by atoms with E-state index in [1.807, 2.05) is 29.9 Å². The van der Waals surface area contributed by atoms with Crippen molar-refractivity contribution in [3.63, 3.8) is 0 Å². The van der Waals surface area contributed by atoms with Gasteiger partial charge in [-0.2, -0.15) is 0 Å². The molecule has 1 aliphatic heterocycles. The summed E-state index contributed by atoms with van der Waals surface area (Å²) in [5.74, 6) is 2.36. The Hall–Kier alpha value is -1.99. The summed E-state index contributed by atoms with van der Waals surface area (Å²) in [4.78, 5) is 7.71. The maximum atomic E-state index is 5.83. The number of hydrogen-bond acceptors (Lipinski definition) is 6. The van der Waals surface area contributed by atoms with E-state index >= 15 is 0 Å². The topological polar surface area (TPSA) is 60.0 Å². The van der Waals surface area contributed by atoms with Crippen molar-refractivity contribution >= 4 is 11.3 Å². The summed E-state index contributed by atoms with van der Waals surface area (Å²) < 4.78 is 8.02. The Morgan fingerprint density at radius 1 is 1.33 bits per heavy atom. The quantitative estimate of drug-likeness (QED) is 0.744. The number of rotatable bonds is 3. The van der Waals surface area contributed by atoms with Crippen molar-refractivity contribution in [2.45, 2.75) is 26.1 Å². The highest BCUT2D eigenvalue weighted by atomic mass is 32.1. The lowest BCUT2D eigenvalue weighted by Gasteiger charge is -2.30. The molecule has 4 rings (SSSR count). The molecular formula is C14H15N5OS. The van der Waals surface area contributed by atoms with Crippen LogP contribution in [0.4, 0.5) is 0 Å². The second-order valence-electron chi connectivity index (χ2n) is 5.11. The largest absolute Gasteiger partial charge is 0.418 e. The number of fused-ring (bicyclic) bond motifs is 1. The molecule has 0 saturated carbocycles. The molecule has 7 heteroatoms. The predicted octanol–water partition coefficient (Wildman–Crippen LogP) is 2.57. The molecule has 0 aliphatic carbocycles. The van der Waals surface area contributed by atoms with Gasteiger partial charge in [0.25, 0.3) is 5.89 Å². The van der Waals surface area contributed by atoms with E-state index in [9.17, 15) is 0 Å².